The van der Waals surface area contributed by atoms with E-state index in [1.165, 1.54) is 0 Å². The molecule has 0 aliphatic heterocycles. The van der Waals surface area contributed by atoms with Crippen molar-refractivity contribution < 1.29 is 9.90 Å². The molecule has 0 aromatic heterocycles. The van der Waals surface area contributed by atoms with Crippen LogP contribution in [0.2, 0.25) is 0 Å². The monoisotopic (exact) mass is 192 g/mol. The Bertz CT molecular complexity index is 166. The molecule has 0 saturated carbocycles. The summed E-state index contributed by atoms with van der Waals surface area (Å²) in [4.78, 5) is 9.78. The summed E-state index contributed by atoms with van der Waals surface area (Å²) in [5.74, 6) is -0.645. The molecule has 72 valence electrons. The lowest BCUT2D eigenvalue weighted by atomic mass is 9.87. The van der Waals surface area contributed by atoms with Crippen molar-refractivity contribution >= 4 is 17.6 Å². The number of hydrogen-bond donors (Lipinski definition) is 1. The Morgan fingerprint density at radius 2 is 1.83 bits per heavy atom. The van der Waals surface area contributed by atoms with Crippen LogP contribution in [0.3, 0.4) is 0 Å². The van der Waals surface area contributed by atoms with Crippen LogP contribution in [0.4, 0.5) is 0 Å². The van der Waals surface area contributed by atoms with Gasteiger partial charge in [-0.15, -0.1) is 11.6 Å². The Kier molecular flexibility index (Phi) is 4.04. The SMILES string of the molecule is CC(C)CC(Cl)(C(=O)O)C(C)C. The second-order valence-electron chi connectivity index (χ2n) is 3.92. The highest BCUT2D eigenvalue weighted by molar-refractivity contribution is 6.33. The van der Waals surface area contributed by atoms with Gasteiger partial charge in [-0.25, -0.2) is 0 Å². The minimum absolute atomic E-state index is 0.0425. The standard InChI is InChI=1S/C9H17ClO2/c1-6(2)5-9(10,7(3)4)8(11)12/h6-7H,5H2,1-4H3,(H,11,12). The number of halogens is 1. The molecule has 0 fully saturated rings. The van der Waals surface area contributed by atoms with E-state index in [9.17, 15) is 4.79 Å². The molecule has 0 aromatic carbocycles. The Balaban J connectivity index is 4.51. The number of carboxylic acids is 1. The van der Waals surface area contributed by atoms with Gasteiger partial charge in [-0.05, 0) is 18.3 Å². The fraction of sp³-hybridized carbons (Fsp3) is 0.889. The van der Waals surface area contributed by atoms with Gasteiger partial charge in [0, 0.05) is 0 Å². The molecule has 2 nitrogen and oxygen atoms in total. The molecular weight excluding hydrogens is 176 g/mol. The van der Waals surface area contributed by atoms with E-state index in [2.05, 4.69) is 0 Å². The van der Waals surface area contributed by atoms with Crippen LogP contribution < -0.4 is 0 Å². The number of alkyl halides is 1. The second kappa shape index (κ2) is 4.13. The van der Waals surface area contributed by atoms with Crippen LogP contribution in [0.25, 0.3) is 0 Å². The molecule has 0 amide bonds. The van der Waals surface area contributed by atoms with Gasteiger partial charge in [-0.1, -0.05) is 27.7 Å². The highest BCUT2D eigenvalue weighted by atomic mass is 35.5. The summed E-state index contributed by atoms with van der Waals surface area (Å²) < 4.78 is 0. The Morgan fingerprint density at radius 1 is 1.42 bits per heavy atom. The quantitative estimate of drug-likeness (QED) is 0.696. The fourth-order valence-corrected chi connectivity index (χ4v) is 1.47. The third-order valence-corrected chi connectivity index (χ3v) is 2.73. The zero-order valence-corrected chi connectivity index (χ0v) is 8.85. The average molecular weight is 193 g/mol. The van der Waals surface area contributed by atoms with Crippen molar-refractivity contribution in [3.63, 3.8) is 0 Å². The maximum atomic E-state index is 10.9. The molecule has 0 radical (unpaired) electrons. The summed E-state index contributed by atoms with van der Waals surface area (Å²) in [6.45, 7) is 7.62. The lowest BCUT2D eigenvalue weighted by Gasteiger charge is -2.27. The first kappa shape index (κ1) is 11.8. The lowest BCUT2D eigenvalue weighted by Crippen LogP contribution is -2.39. The zero-order valence-electron chi connectivity index (χ0n) is 8.10. The van der Waals surface area contributed by atoms with E-state index in [1.54, 1.807) is 0 Å². The number of rotatable bonds is 4. The van der Waals surface area contributed by atoms with Crippen LogP contribution in [0.5, 0.6) is 0 Å². The number of carboxylic acid groups (broad SMARTS) is 1. The van der Waals surface area contributed by atoms with Crippen molar-refractivity contribution in [3.8, 4) is 0 Å². The lowest BCUT2D eigenvalue weighted by molar-refractivity contribution is -0.142. The molecule has 0 aliphatic rings. The topological polar surface area (TPSA) is 37.3 Å². The minimum Gasteiger partial charge on any atom is -0.480 e. The van der Waals surface area contributed by atoms with Crippen molar-refractivity contribution in [2.45, 2.75) is 39.0 Å². The molecule has 0 saturated heterocycles. The largest absolute Gasteiger partial charge is 0.480 e. The summed E-state index contributed by atoms with van der Waals surface area (Å²) in [5, 5.41) is 8.92. The van der Waals surface area contributed by atoms with E-state index in [0.717, 1.165) is 0 Å². The number of carbonyl (C=O) groups is 1. The Morgan fingerprint density at radius 3 is 1.92 bits per heavy atom. The molecule has 0 bridgehead atoms. The molecule has 0 aliphatic carbocycles. The van der Waals surface area contributed by atoms with Crippen molar-refractivity contribution in [2.75, 3.05) is 0 Å². The van der Waals surface area contributed by atoms with Crippen LogP contribution in [0, 0.1) is 11.8 Å². The van der Waals surface area contributed by atoms with E-state index in [1.807, 2.05) is 27.7 Å². The molecule has 1 unspecified atom stereocenters. The summed E-state index contributed by atoms with van der Waals surface area (Å²) >= 11 is 6.00. The summed E-state index contributed by atoms with van der Waals surface area (Å²) in [6.07, 6.45) is 0.515. The molecule has 0 rings (SSSR count). The summed E-state index contributed by atoms with van der Waals surface area (Å²) in [5.41, 5.74) is 0. The maximum absolute atomic E-state index is 10.9. The highest BCUT2D eigenvalue weighted by Crippen LogP contribution is 2.32. The van der Waals surface area contributed by atoms with Gasteiger partial charge >= 0.3 is 5.97 Å². The van der Waals surface area contributed by atoms with E-state index in [-0.39, 0.29) is 5.92 Å². The van der Waals surface area contributed by atoms with Crippen molar-refractivity contribution in [2.24, 2.45) is 11.8 Å². The van der Waals surface area contributed by atoms with Crippen LogP contribution in [0.1, 0.15) is 34.1 Å². The third kappa shape index (κ3) is 2.67. The Labute approximate surface area is 78.9 Å². The van der Waals surface area contributed by atoms with Crippen molar-refractivity contribution in [1.82, 2.24) is 0 Å². The van der Waals surface area contributed by atoms with Gasteiger partial charge < -0.3 is 5.11 Å². The summed E-state index contributed by atoms with van der Waals surface area (Å²) in [6, 6.07) is 0. The fourth-order valence-electron chi connectivity index (χ4n) is 1.16. The first-order chi connectivity index (χ1) is 5.30. The molecule has 3 heteroatoms. The van der Waals surface area contributed by atoms with Gasteiger partial charge in [-0.3, -0.25) is 4.79 Å². The van der Waals surface area contributed by atoms with Crippen LogP contribution in [-0.2, 0) is 4.79 Å². The highest BCUT2D eigenvalue weighted by Gasteiger charge is 2.39. The van der Waals surface area contributed by atoms with Gasteiger partial charge in [0.15, 0.2) is 0 Å². The number of hydrogen-bond acceptors (Lipinski definition) is 1. The molecular formula is C9H17ClO2. The third-order valence-electron chi connectivity index (χ3n) is 1.98. The Hall–Kier alpha value is -0.240. The van der Waals surface area contributed by atoms with Gasteiger partial charge in [0.1, 0.15) is 4.87 Å². The van der Waals surface area contributed by atoms with E-state index in [0.29, 0.717) is 12.3 Å². The van der Waals surface area contributed by atoms with Crippen molar-refractivity contribution in [3.05, 3.63) is 0 Å². The molecule has 1 atom stereocenters. The molecule has 0 spiro atoms. The van der Waals surface area contributed by atoms with E-state index < -0.39 is 10.8 Å². The predicted octanol–water partition coefficient (Wildman–Crippen LogP) is 2.75. The maximum Gasteiger partial charge on any atom is 0.325 e. The normalized spacial score (nSPS) is 16.6. The first-order valence-electron chi connectivity index (χ1n) is 4.23. The van der Waals surface area contributed by atoms with Crippen LogP contribution in [-0.4, -0.2) is 16.0 Å². The smallest absolute Gasteiger partial charge is 0.325 e. The molecule has 1 N–H and O–H groups in total. The molecule has 12 heavy (non-hydrogen) atoms. The van der Waals surface area contributed by atoms with E-state index >= 15 is 0 Å². The van der Waals surface area contributed by atoms with Gasteiger partial charge in [0.2, 0.25) is 0 Å². The van der Waals surface area contributed by atoms with Gasteiger partial charge in [-0.2, -0.15) is 0 Å². The zero-order chi connectivity index (χ0) is 9.94. The predicted molar refractivity (Wildman–Crippen MR) is 50.5 cm³/mol. The van der Waals surface area contributed by atoms with Crippen LogP contribution >= 0.6 is 11.6 Å². The van der Waals surface area contributed by atoms with Crippen LogP contribution in [0.15, 0.2) is 0 Å². The second-order valence-corrected chi connectivity index (χ2v) is 4.59. The van der Waals surface area contributed by atoms with Gasteiger partial charge in [0.05, 0.1) is 0 Å². The number of aliphatic carboxylic acids is 1. The van der Waals surface area contributed by atoms with Crippen molar-refractivity contribution in [1.29, 1.82) is 0 Å². The minimum atomic E-state index is -1.09. The first-order valence-corrected chi connectivity index (χ1v) is 4.60. The molecule has 0 aromatic rings. The molecule has 0 heterocycles. The van der Waals surface area contributed by atoms with E-state index in [4.69, 9.17) is 16.7 Å². The summed E-state index contributed by atoms with van der Waals surface area (Å²) in [7, 11) is 0. The average Bonchev–Trinajstić information content (AvgIpc) is 1.84. The van der Waals surface area contributed by atoms with Gasteiger partial charge in [0.25, 0.3) is 0 Å².